The van der Waals surface area contributed by atoms with E-state index < -0.39 is 0 Å². The summed E-state index contributed by atoms with van der Waals surface area (Å²) in [5, 5.41) is 3.05. The molecular weight excluding hydrogens is 218 g/mol. The second kappa shape index (κ2) is 3.74. The summed E-state index contributed by atoms with van der Waals surface area (Å²) in [6, 6.07) is 8.33. The first-order chi connectivity index (χ1) is 7.75. The lowest BCUT2D eigenvalue weighted by atomic mass is 9.85. The predicted molar refractivity (Wildman–Crippen MR) is 67.9 cm³/mol. The molecule has 3 rings (SSSR count). The molecule has 2 aromatic rings. The highest BCUT2D eigenvalue weighted by atomic mass is 35.5. The first-order valence-electron chi connectivity index (χ1n) is 5.81. The summed E-state index contributed by atoms with van der Waals surface area (Å²) in [5.74, 6) is 0.763. The molecule has 0 saturated heterocycles. The average Bonchev–Trinajstić information content (AvgIpc) is 2.31. The van der Waals surface area contributed by atoms with E-state index in [0.29, 0.717) is 5.15 Å². The van der Waals surface area contributed by atoms with Crippen molar-refractivity contribution in [2.24, 2.45) is 5.92 Å². The number of hydrogen-bond donors (Lipinski definition) is 0. The van der Waals surface area contributed by atoms with E-state index in [1.165, 1.54) is 23.1 Å². The van der Waals surface area contributed by atoms with Crippen molar-refractivity contribution in [3.63, 3.8) is 0 Å². The van der Waals surface area contributed by atoms with Gasteiger partial charge >= 0.3 is 0 Å². The van der Waals surface area contributed by atoms with Crippen molar-refractivity contribution in [2.45, 2.75) is 26.2 Å². The number of pyridine rings is 1. The zero-order valence-corrected chi connectivity index (χ0v) is 10.1. The van der Waals surface area contributed by atoms with Crippen molar-refractivity contribution in [1.29, 1.82) is 0 Å². The first-order valence-corrected chi connectivity index (χ1v) is 6.19. The van der Waals surface area contributed by atoms with Gasteiger partial charge in [-0.25, -0.2) is 4.98 Å². The summed E-state index contributed by atoms with van der Waals surface area (Å²) >= 11 is 6.22. The number of fused-ring (bicyclic) bond motifs is 3. The highest BCUT2D eigenvalue weighted by molar-refractivity contribution is 6.34. The van der Waals surface area contributed by atoms with E-state index in [0.717, 1.165) is 24.1 Å². The number of hydrogen-bond acceptors (Lipinski definition) is 1. The number of aromatic nitrogens is 1. The minimum absolute atomic E-state index is 0.656. The van der Waals surface area contributed by atoms with Crippen LogP contribution >= 0.6 is 11.6 Å². The van der Waals surface area contributed by atoms with Crippen molar-refractivity contribution in [1.82, 2.24) is 4.98 Å². The van der Waals surface area contributed by atoms with Crippen molar-refractivity contribution < 1.29 is 0 Å². The van der Waals surface area contributed by atoms with Crippen LogP contribution in [0.5, 0.6) is 0 Å². The third-order valence-corrected chi connectivity index (χ3v) is 3.77. The van der Waals surface area contributed by atoms with E-state index in [-0.39, 0.29) is 0 Å². The average molecular weight is 232 g/mol. The van der Waals surface area contributed by atoms with E-state index >= 15 is 0 Å². The third-order valence-electron chi connectivity index (χ3n) is 3.48. The normalized spacial score (nSPS) is 19.8. The molecule has 1 aliphatic carbocycles. The van der Waals surface area contributed by atoms with Crippen molar-refractivity contribution in [3.8, 4) is 0 Å². The standard InChI is InChI=1S/C14H14ClN/c1-9-6-7-13-12(8-9)10-4-2-3-5-11(10)14(15)16-13/h2-5,9H,6-8H2,1H3. The fraction of sp³-hybridized carbons (Fsp3) is 0.357. The van der Waals surface area contributed by atoms with E-state index in [1.807, 2.05) is 6.07 Å². The quantitative estimate of drug-likeness (QED) is 0.625. The Morgan fingerprint density at radius 3 is 2.81 bits per heavy atom. The highest BCUT2D eigenvalue weighted by Gasteiger charge is 2.19. The Bertz CT molecular complexity index is 548. The van der Waals surface area contributed by atoms with Gasteiger partial charge in [-0.3, -0.25) is 0 Å². The minimum Gasteiger partial charge on any atom is -0.240 e. The molecule has 0 saturated carbocycles. The van der Waals surface area contributed by atoms with E-state index in [2.05, 4.69) is 30.1 Å². The number of halogens is 1. The molecule has 0 fully saturated rings. The van der Waals surface area contributed by atoms with Crippen LogP contribution in [0.3, 0.4) is 0 Å². The molecular formula is C14H14ClN. The van der Waals surface area contributed by atoms with E-state index in [4.69, 9.17) is 11.6 Å². The highest BCUT2D eigenvalue weighted by Crippen LogP contribution is 2.33. The number of nitrogens with zero attached hydrogens (tertiary/aromatic N) is 1. The van der Waals surface area contributed by atoms with E-state index in [9.17, 15) is 0 Å². The van der Waals surface area contributed by atoms with Gasteiger partial charge in [-0.2, -0.15) is 0 Å². The Morgan fingerprint density at radius 1 is 1.25 bits per heavy atom. The van der Waals surface area contributed by atoms with Gasteiger partial charge in [0, 0.05) is 11.1 Å². The fourth-order valence-corrected chi connectivity index (χ4v) is 2.86. The Balaban J connectivity index is 2.33. The molecule has 1 heterocycles. The molecule has 82 valence electrons. The molecule has 0 aliphatic heterocycles. The molecule has 1 nitrogen and oxygen atoms in total. The summed E-state index contributed by atoms with van der Waals surface area (Å²) in [6.45, 7) is 2.31. The van der Waals surface area contributed by atoms with Gasteiger partial charge in [-0.15, -0.1) is 0 Å². The second-order valence-electron chi connectivity index (χ2n) is 4.72. The van der Waals surface area contributed by atoms with Crippen LogP contribution in [0.4, 0.5) is 0 Å². The van der Waals surface area contributed by atoms with Crippen molar-refractivity contribution >= 4 is 22.4 Å². The van der Waals surface area contributed by atoms with Crippen LogP contribution in [-0.2, 0) is 12.8 Å². The lowest BCUT2D eigenvalue weighted by Crippen LogP contribution is -2.13. The van der Waals surface area contributed by atoms with Gasteiger partial charge in [0.25, 0.3) is 0 Å². The third kappa shape index (κ3) is 1.51. The fourth-order valence-electron chi connectivity index (χ4n) is 2.60. The summed E-state index contributed by atoms with van der Waals surface area (Å²) < 4.78 is 0. The van der Waals surface area contributed by atoms with Gasteiger partial charge in [0.15, 0.2) is 0 Å². The van der Waals surface area contributed by atoms with Gasteiger partial charge in [0.05, 0.1) is 0 Å². The minimum atomic E-state index is 0.656. The molecule has 0 bridgehead atoms. The molecule has 1 aliphatic rings. The Labute approximate surface area is 100 Å². The number of rotatable bonds is 0. The Morgan fingerprint density at radius 2 is 2.00 bits per heavy atom. The topological polar surface area (TPSA) is 12.9 Å². The van der Waals surface area contributed by atoms with E-state index in [1.54, 1.807) is 0 Å². The molecule has 1 aromatic carbocycles. The van der Waals surface area contributed by atoms with Crippen LogP contribution in [0, 0.1) is 5.92 Å². The molecule has 16 heavy (non-hydrogen) atoms. The van der Waals surface area contributed by atoms with Crippen LogP contribution in [0.25, 0.3) is 10.8 Å². The number of benzene rings is 1. The summed E-state index contributed by atoms with van der Waals surface area (Å²) in [7, 11) is 0. The van der Waals surface area contributed by atoms with Crippen molar-refractivity contribution in [3.05, 3.63) is 40.7 Å². The lowest BCUT2D eigenvalue weighted by Gasteiger charge is -2.22. The molecule has 0 spiro atoms. The Hall–Kier alpha value is -1.08. The van der Waals surface area contributed by atoms with Gasteiger partial charge < -0.3 is 0 Å². The molecule has 0 radical (unpaired) electrons. The van der Waals surface area contributed by atoms with Crippen LogP contribution < -0.4 is 0 Å². The maximum atomic E-state index is 6.22. The summed E-state index contributed by atoms with van der Waals surface area (Å²) in [5.41, 5.74) is 2.63. The van der Waals surface area contributed by atoms with Gasteiger partial charge in [0.2, 0.25) is 0 Å². The van der Waals surface area contributed by atoms with Gasteiger partial charge in [-0.1, -0.05) is 42.8 Å². The zero-order chi connectivity index (χ0) is 11.1. The van der Waals surface area contributed by atoms with Crippen LogP contribution in [0.1, 0.15) is 24.6 Å². The molecule has 1 aromatic heterocycles. The molecule has 1 unspecified atom stereocenters. The largest absolute Gasteiger partial charge is 0.240 e. The molecule has 2 heteroatoms. The monoisotopic (exact) mass is 231 g/mol. The molecule has 0 amide bonds. The van der Waals surface area contributed by atoms with Crippen molar-refractivity contribution in [2.75, 3.05) is 0 Å². The summed E-state index contributed by atoms with van der Waals surface area (Å²) in [6.07, 6.45) is 3.44. The Kier molecular flexibility index (Phi) is 2.36. The maximum Gasteiger partial charge on any atom is 0.137 e. The van der Waals surface area contributed by atoms with Crippen LogP contribution in [-0.4, -0.2) is 4.98 Å². The predicted octanol–water partition coefficient (Wildman–Crippen LogP) is 4.01. The lowest BCUT2D eigenvalue weighted by molar-refractivity contribution is 0.497. The maximum absolute atomic E-state index is 6.22. The molecule has 1 atom stereocenters. The summed E-state index contributed by atoms with van der Waals surface area (Å²) in [4.78, 5) is 4.54. The number of aryl methyl sites for hydroxylation is 1. The zero-order valence-electron chi connectivity index (χ0n) is 9.33. The van der Waals surface area contributed by atoms with Crippen LogP contribution in [0.2, 0.25) is 5.15 Å². The van der Waals surface area contributed by atoms with Gasteiger partial charge in [0.1, 0.15) is 5.15 Å². The second-order valence-corrected chi connectivity index (χ2v) is 5.08. The molecule has 0 N–H and O–H groups in total. The first kappa shape index (κ1) is 10.1. The van der Waals surface area contributed by atoms with Crippen LogP contribution in [0.15, 0.2) is 24.3 Å². The van der Waals surface area contributed by atoms with Gasteiger partial charge in [-0.05, 0) is 36.1 Å². The SMILES string of the molecule is CC1CCc2nc(Cl)c3ccccc3c2C1. The smallest absolute Gasteiger partial charge is 0.137 e.